The summed E-state index contributed by atoms with van der Waals surface area (Å²) < 4.78 is 0. The lowest BCUT2D eigenvalue weighted by Crippen LogP contribution is -2.60. The molecule has 2 unspecified atom stereocenters. The molecule has 0 spiro atoms. The molecule has 4 heteroatoms. The molecular formula is C15H35N3O. The fourth-order valence-corrected chi connectivity index (χ4v) is 2.71. The highest BCUT2D eigenvalue weighted by Crippen LogP contribution is 2.52. The number of nitrogens with two attached hydrogens (primary N) is 3. The Kier molecular flexibility index (Phi) is 7.71. The second-order valence-corrected chi connectivity index (χ2v) is 6.73. The lowest BCUT2D eigenvalue weighted by atomic mass is 9.53. The van der Waals surface area contributed by atoms with E-state index in [1.54, 1.807) is 0 Å². The third-order valence-corrected chi connectivity index (χ3v) is 5.30. The molecule has 2 atom stereocenters. The van der Waals surface area contributed by atoms with Crippen LogP contribution in [0.1, 0.15) is 68.2 Å². The summed E-state index contributed by atoms with van der Waals surface area (Å²) >= 11 is 0. The van der Waals surface area contributed by atoms with Crippen molar-refractivity contribution in [2.45, 2.75) is 73.8 Å². The molecule has 0 heterocycles. The van der Waals surface area contributed by atoms with Crippen LogP contribution in [-0.2, 0) is 0 Å². The molecule has 6 N–H and O–H groups in total. The van der Waals surface area contributed by atoms with Crippen LogP contribution >= 0.6 is 0 Å². The van der Waals surface area contributed by atoms with Gasteiger partial charge in [-0.05, 0) is 16.7 Å². The maximum atomic E-state index is 12.4. The Morgan fingerprint density at radius 2 is 1.42 bits per heavy atom. The molecule has 0 aromatic carbocycles. The Bertz CT molecular complexity index is 278. The number of rotatable bonds is 5. The minimum absolute atomic E-state index is 0.0833. The van der Waals surface area contributed by atoms with Crippen molar-refractivity contribution in [1.29, 1.82) is 0 Å². The van der Waals surface area contributed by atoms with Gasteiger partial charge in [0, 0.05) is 0 Å². The van der Waals surface area contributed by atoms with Gasteiger partial charge < -0.3 is 5.11 Å². The molecule has 116 valence electrons. The second kappa shape index (κ2) is 7.13. The van der Waals surface area contributed by atoms with E-state index in [-0.39, 0.29) is 16.8 Å². The molecular weight excluding hydrogens is 238 g/mol. The highest BCUT2D eigenvalue weighted by Gasteiger charge is 2.46. The van der Waals surface area contributed by atoms with Crippen LogP contribution in [0.25, 0.3) is 0 Å². The Morgan fingerprint density at radius 1 is 1.11 bits per heavy atom. The average molecular weight is 273 g/mol. The minimum atomic E-state index is -0.880. The smallest absolute Gasteiger partial charge is 0.336 e. The Morgan fingerprint density at radius 3 is 1.58 bits per heavy atom. The standard InChI is InChI=1S/C14H29O.CH5N3/c1-9-11(3)12(4,5)14(8,10-2)13(6,7)15;2-1(3)4/h11H,9-10H2,1-8H3;(H5,2,3,4)/q-1;/p+1. The van der Waals surface area contributed by atoms with Crippen molar-refractivity contribution in [2.24, 2.45) is 28.2 Å². The van der Waals surface area contributed by atoms with E-state index in [9.17, 15) is 5.11 Å². The average Bonchev–Trinajstić information content (AvgIpc) is 2.23. The first kappa shape index (κ1) is 20.5. The molecule has 19 heavy (non-hydrogen) atoms. The predicted octanol–water partition coefficient (Wildman–Crippen LogP) is 0.633. The van der Waals surface area contributed by atoms with Crippen LogP contribution in [0.3, 0.4) is 0 Å². The van der Waals surface area contributed by atoms with E-state index in [4.69, 9.17) is 0 Å². The molecule has 0 bridgehead atoms. The third-order valence-electron chi connectivity index (χ3n) is 5.30. The summed E-state index contributed by atoms with van der Waals surface area (Å²) in [6.45, 7) is 17.0. The summed E-state index contributed by atoms with van der Waals surface area (Å²) in [6.07, 6.45) is 2.08. The van der Waals surface area contributed by atoms with Gasteiger partial charge in [-0.3, -0.25) is 16.9 Å². The van der Waals surface area contributed by atoms with Gasteiger partial charge in [0.1, 0.15) is 0 Å². The van der Waals surface area contributed by atoms with E-state index in [1.165, 1.54) is 0 Å². The molecule has 0 aliphatic rings. The summed E-state index contributed by atoms with van der Waals surface area (Å²) in [6, 6.07) is 0. The molecule has 4 nitrogen and oxygen atoms in total. The fraction of sp³-hybridized carbons (Fsp3) is 0.933. The van der Waals surface area contributed by atoms with Crippen LogP contribution in [-0.4, -0.2) is 11.6 Å². The second-order valence-electron chi connectivity index (χ2n) is 6.73. The van der Waals surface area contributed by atoms with E-state index in [0.717, 1.165) is 12.8 Å². The lowest BCUT2D eigenvalue weighted by Gasteiger charge is -2.60. The van der Waals surface area contributed by atoms with Gasteiger partial charge >= 0.3 is 5.96 Å². The van der Waals surface area contributed by atoms with Crippen molar-refractivity contribution in [1.82, 2.24) is 0 Å². The highest BCUT2D eigenvalue weighted by atomic mass is 16.3. The van der Waals surface area contributed by atoms with Crippen LogP contribution in [0.5, 0.6) is 0 Å². The van der Waals surface area contributed by atoms with Crippen LogP contribution in [0.4, 0.5) is 0 Å². The van der Waals surface area contributed by atoms with Crippen molar-refractivity contribution in [3.05, 3.63) is 0 Å². The molecule has 0 radical (unpaired) electrons. The zero-order valence-corrected chi connectivity index (χ0v) is 14.1. The Labute approximate surface area is 119 Å². The van der Waals surface area contributed by atoms with Crippen molar-refractivity contribution in [3.8, 4) is 0 Å². The van der Waals surface area contributed by atoms with E-state index >= 15 is 0 Å². The molecule has 0 saturated carbocycles. The SMILES string of the molecule is CCC(C)C(C)(C)C(C)(CC)C(C)(C)[O-].NC(N)=[NH2+]. The van der Waals surface area contributed by atoms with Crippen LogP contribution in [0, 0.1) is 16.7 Å². The fourth-order valence-electron chi connectivity index (χ4n) is 2.71. The van der Waals surface area contributed by atoms with Gasteiger partial charge in [-0.15, -0.1) is 5.60 Å². The number of guanidine groups is 1. The monoisotopic (exact) mass is 273 g/mol. The first-order chi connectivity index (χ1) is 8.27. The molecule has 0 aliphatic heterocycles. The van der Waals surface area contributed by atoms with Crippen LogP contribution in [0.2, 0.25) is 0 Å². The van der Waals surface area contributed by atoms with Gasteiger partial charge in [0.2, 0.25) is 0 Å². The van der Waals surface area contributed by atoms with Crippen molar-refractivity contribution >= 4 is 5.96 Å². The first-order valence-electron chi connectivity index (χ1n) is 7.11. The van der Waals surface area contributed by atoms with Crippen molar-refractivity contribution in [2.75, 3.05) is 0 Å². The quantitative estimate of drug-likeness (QED) is 0.506. The predicted molar refractivity (Wildman–Crippen MR) is 81.0 cm³/mol. The summed E-state index contributed by atoms with van der Waals surface area (Å²) in [5.74, 6) is 0.496. The van der Waals surface area contributed by atoms with Crippen LogP contribution < -0.4 is 22.0 Å². The van der Waals surface area contributed by atoms with E-state index in [0.29, 0.717) is 5.92 Å². The molecule has 0 rings (SSSR count). The van der Waals surface area contributed by atoms with Gasteiger partial charge in [-0.25, -0.2) is 0 Å². The zero-order valence-electron chi connectivity index (χ0n) is 14.1. The maximum Gasteiger partial charge on any atom is 0.336 e. The van der Waals surface area contributed by atoms with E-state index < -0.39 is 5.60 Å². The van der Waals surface area contributed by atoms with Crippen molar-refractivity contribution < 1.29 is 10.5 Å². The minimum Gasteiger partial charge on any atom is -0.849 e. The lowest BCUT2D eigenvalue weighted by molar-refractivity contribution is -0.505. The number of hydrogen-bond donors (Lipinski definition) is 3. The van der Waals surface area contributed by atoms with Gasteiger partial charge in [-0.2, -0.15) is 0 Å². The van der Waals surface area contributed by atoms with Gasteiger partial charge in [-0.1, -0.05) is 68.2 Å². The number of hydrogen-bond acceptors (Lipinski definition) is 1. The summed E-state index contributed by atoms with van der Waals surface area (Å²) in [4.78, 5) is 0. The van der Waals surface area contributed by atoms with Gasteiger partial charge in [0.25, 0.3) is 0 Å². The first-order valence-corrected chi connectivity index (χ1v) is 7.11. The van der Waals surface area contributed by atoms with Crippen LogP contribution in [0.15, 0.2) is 0 Å². The largest absolute Gasteiger partial charge is 0.849 e. The summed E-state index contributed by atoms with van der Waals surface area (Å²) in [5.41, 5.74) is 8.21. The Hall–Kier alpha value is -0.770. The Balaban J connectivity index is 0. The molecule has 0 saturated heterocycles. The van der Waals surface area contributed by atoms with Gasteiger partial charge in [0.15, 0.2) is 0 Å². The molecule has 0 aromatic rings. The summed E-state index contributed by atoms with van der Waals surface area (Å²) in [7, 11) is 0. The third kappa shape index (κ3) is 5.01. The molecule has 0 amide bonds. The van der Waals surface area contributed by atoms with E-state index in [2.05, 4.69) is 58.4 Å². The maximum absolute atomic E-state index is 12.4. The molecule has 0 aliphatic carbocycles. The van der Waals surface area contributed by atoms with E-state index in [1.807, 2.05) is 13.8 Å². The summed E-state index contributed by atoms with van der Waals surface area (Å²) in [5, 5.41) is 17.0. The normalized spacial score (nSPS) is 16.9. The van der Waals surface area contributed by atoms with Gasteiger partial charge in [0.05, 0.1) is 0 Å². The zero-order chi connectivity index (χ0) is 16.1. The topological polar surface area (TPSA) is 101 Å². The van der Waals surface area contributed by atoms with Crippen molar-refractivity contribution in [3.63, 3.8) is 0 Å². The molecule has 0 fully saturated rings. The highest BCUT2D eigenvalue weighted by molar-refractivity contribution is 5.68. The molecule has 0 aromatic heterocycles.